The maximum Gasteiger partial charge on any atom is 0.418 e. The first kappa shape index (κ1) is 15.4. The van der Waals surface area contributed by atoms with Gasteiger partial charge in [-0.3, -0.25) is 4.90 Å². The van der Waals surface area contributed by atoms with Crippen LogP contribution in [0.4, 0.5) is 10.5 Å². The van der Waals surface area contributed by atoms with Crippen molar-refractivity contribution in [1.82, 2.24) is 4.90 Å². The van der Waals surface area contributed by atoms with Crippen LogP contribution in [-0.2, 0) is 10.2 Å². The number of benzene rings is 1. The molecule has 4 atom stereocenters. The number of rotatable bonds is 1. The predicted octanol–water partition coefficient (Wildman–Crippen LogP) is 3.92. The van der Waals surface area contributed by atoms with Crippen molar-refractivity contribution < 1.29 is 9.53 Å². The monoisotopic (exact) mass is 338 g/mol. The zero-order chi connectivity index (χ0) is 17.2. The highest BCUT2D eigenvalue weighted by atomic mass is 16.5. The molecule has 4 nitrogen and oxygen atoms in total. The van der Waals surface area contributed by atoms with Gasteiger partial charge >= 0.3 is 6.09 Å². The first-order valence-electron chi connectivity index (χ1n) is 9.63. The molecule has 1 aliphatic carbocycles. The fourth-order valence-corrected chi connectivity index (χ4v) is 6.22. The summed E-state index contributed by atoms with van der Waals surface area (Å²) < 4.78 is 5.15. The Morgan fingerprint density at radius 1 is 1.36 bits per heavy atom. The van der Waals surface area contributed by atoms with E-state index in [0.29, 0.717) is 12.0 Å². The van der Waals surface area contributed by atoms with Crippen molar-refractivity contribution in [3.05, 3.63) is 41.6 Å². The minimum absolute atomic E-state index is 0.0214. The summed E-state index contributed by atoms with van der Waals surface area (Å²) in [5.41, 5.74) is 3.52. The third-order valence-electron chi connectivity index (χ3n) is 7.14. The fourth-order valence-electron chi connectivity index (χ4n) is 6.22. The van der Waals surface area contributed by atoms with Gasteiger partial charge in [-0.1, -0.05) is 37.6 Å². The normalized spacial score (nSPS) is 35.7. The lowest BCUT2D eigenvalue weighted by molar-refractivity contribution is 0.0600. The molecule has 4 heteroatoms. The summed E-state index contributed by atoms with van der Waals surface area (Å²) in [6.45, 7) is 4.68. The Balaban J connectivity index is 1.69. The van der Waals surface area contributed by atoms with Crippen LogP contribution in [0, 0.1) is 11.8 Å². The highest BCUT2D eigenvalue weighted by Crippen LogP contribution is 2.61. The lowest BCUT2D eigenvalue weighted by atomic mass is 9.62. The quantitative estimate of drug-likeness (QED) is 0.778. The molecule has 25 heavy (non-hydrogen) atoms. The highest BCUT2D eigenvalue weighted by Gasteiger charge is 2.62. The zero-order valence-corrected chi connectivity index (χ0v) is 15.1. The topological polar surface area (TPSA) is 32.8 Å². The van der Waals surface area contributed by atoms with Crippen molar-refractivity contribution in [3.63, 3.8) is 0 Å². The standard InChI is InChI=1S/C21H26N2O2/c1-3-14-12-15-8-9-18-21(10-11-22(13-14)19(15)21)16-6-4-5-7-17(16)23(18)20(24)25-2/h4-7,9,14-15,19H,3,8,10-13H2,1-2H3/t14-,15-,19+,21+/m0/s1. The minimum atomic E-state index is -0.255. The van der Waals surface area contributed by atoms with Gasteiger partial charge in [-0.05, 0) is 49.3 Å². The van der Waals surface area contributed by atoms with Gasteiger partial charge in [-0.2, -0.15) is 0 Å². The van der Waals surface area contributed by atoms with Crippen LogP contribution in [-0.4, -0.2) is 37.2 Å². The van der Waals surface area contributed by atoms with E-state index in [1.54, 1.807) is 0 Å². The summed E-state index contributed by atoms with van der Waals surface area (Å²) in [4.78, 5) is 17.2. The van der Waals surface area contributed by atoms with Gasteiger partial charge in [0, 0.05) is 18.3 Å². The lowest BCUT2D eigenvalue weighted by Gasteiger charge is -2.49. The van der Waals surface area contributed by atoms with Crippen molar-refractivity contribution in [2.75, 3.05) is 25.1 Å². The third kappa shape index (κ3) is 1.84. The van der Waals surface area contributed by atoms with Crippen molar-refractivity contribution in [2.24, 2.45) is 11.8 Å². The molecule has 1 aromatic rings. The number of fused-ring (bicyclic) bond motifs is 1. The van der Waals surface area contributed by atoms with E-state index in [4.69, 9.17) is 4.74 Å². The maximum atomic E-state index is 12.6. The number of hydrogen-bond acceptors (Lipinski definition) is 3. The number of nitrogens with zero attached hydrogens (tertiary/aromatic N) is 2. The van der Waals surface area contributed by atoms with Crippen LogP contribution in [0.25, 0.3) is 0 Å². The van der Waals surface area contributed by atoms with E-state index in [-0.39, 0.29) is 11.5 Å². The minimum Gasteiger partial charge on any atom is -0.452 e. The van der Waals surface area contributed by atoms with Crippen LogP contribution in [0.3, 0.4) is 0 Å². The van der Waals surface area contributed by atoms with Crippen LogP contribution >= 0.6 is 0 Å². The number of piperidine rings is 1. The predicted molar refractivity (Wildman–Crippen MR) is 97.6 cm³/mol. The molecule has 2 fully saturated rings. The second-order valence-electron chi connectivity index (χ2n) is 8.08. The van der Waals surface area contributed by atoms with Crippen LogP contribution in [0.15, 0.2) is 36.0 Å². The number of methoxy groups -OCH3 is 1. The number of hydrogen-bond donors (Lipinski definition) is 0. The Bertz CT molecular complexity index is 758. The molecular formula is C21H26N2O2. The third-order valence-corrected chi connectivity index (χ3v) is 7.14. The van der Waals surface area contributed by atoms with Gasteiger partial charge in [0.1, 0.15) is 0 Å². The van der Waals surface area contributed by atoms with E-state index < -0.39 is 0 Å². The summed E-state index contributed by atoms with van der Waals surface area (Å²) >= 11 is 0. The van der Waals surface area contributed by atoms with E-state index in [9.17, 15) is 4.79 Å². The summed E-state index contributed by atoms with van der Waals surface area (Å²) in [6.07, 6.45) is 6.88. The average molecular weight is 338 g/mol. The fraction of sp³-hybridized carbons (Fsp3) is 0.571. The summed E-state index contributed by atoms with van der Waals surface area (Å²) in [5.74, 6) is 1.52. The van der Waals surface area contributed by atoms with E-state index in [1.165, 1.54) is 37.8 Å². The van der Waals surface area contributed by atoms with Crippen LogP contribution in [0.2, 0.25) is 0 Å². The Hall–Kier alpha value is -1.81. The van der Waals surface area contributed by atoms with E-state index >= 15 is 0 Å². The largest absolute Gasteiger partial charge is 0.452 e. The number of allylic oxidation sites excluding steroid dienone is 1. The Morgan fingerprint density at radius 2 is 2.20 bits per heavy atom. The van der Waals surface area contributed by atoms with Gasteiger partial charge in [0.25, 0.3) is 0 Å². The van der Waals surface area contributed by atoms with Crippen molar-refractivity contribution in [3.8, 4) is 0 Å². The molecule has 3 heterocycles. The van der Waals surface area contributed by atoms with Crippen molar-refractivity contribution in [2.45, 2.75) is 44.1 Å². The highest BCUT2D eigenvalue weighted by molar-refractivity contribution is 5.97. The maximum absolute atomic E-state index is 12.6. The molecule has 0 unspecified atom stereocenters. The molecule has 0 saturated carbocycles. The molecular weight excluding hydrogens is 312 g/mol. The molecule has 0 radical (unpaired) electrons. The first-order chi connectivity index (χ1) is 12.2. The summed E-state index contributed by atoms with van der Waals surface area (Å²) in [5, 5.41) is 0. The molecule has 0 bridgehead atoms. The number of amides is 1. The second-order valence-corrected chi connectivity index (χ2v) is 8.08. The van der Waals surface area contributed by atoms with Crippen LogP contribution < -0.4 is 4.90 Å². The average Bonchev–Trinajstić information content (AvgIpc) is 3.18. The first-order valence-corrected chi connectivity index (χ1v) is 9.63. The molecule has 1 amide bonds. The van der Waals surface area contributed by atoms with Gasteiger partial charge in [0.2, 0.25) is 0 Å². The van der Waals surface area contributed by atoms with E-state index in [1.807, 2.05) is 11.0 Å². The van der Waals surface area contributed by atoms with Gasteiger partial charge in [0.05, 0.1) is 18.2 Å². The lowest BCUT2D eigenvalue weighted by Crippen LogP contribution is -2.55. The molecule has 1 aromatic carbocycles. The Morgan fingerprint density at radius 3 is 3.00 bits per heavy atom. The molecule has 5 rings (SSSR count). The molecule has 0 aromatic heterocycles. The van der Waals surface area contributed by atoms with Crippen molar-refractivity contribution in [1.29, 1.82) is 0 Å². The Kier molecular flexibility index (Phi) is 3.30. The second kappa shape index (κ2) is 5.34. The SMILES string of the molecule is CC[C@H]1C[C@@H]2CC=C3N(C(=O)OC)c4ccccc4[C@]34CCN(C1)[C@H]24. The van der Waals surface area contributed by atoms with E-state index in [0.717, 1.165) is 31.0 Å². The molecule has 3 aliphatic heterocycles. The van der Waals surface area contributed by atoms with Crippen LogP contribution in [0.1, 0.15) is 38.2 Å². The smallest absolute Gasteiger partial charge is 0.418 e. The molecule has 1 spiro atoms. The Labute approximate surface area is 149 Å². The summed E-state index contributed by atoms with van der Waals surface area (Å²) in [7, 11) is 1.48. The number of anilines is 1. The van der Waals surface area contributed by atoms with Gasteiger partial charge in [-0.15, -0.1) is 0 Å². The van der Waals surface area contributed by atoms with Gasteiger partial charge in [-0.25, -0.2) is 9.69 Å². The van der Waals surface area contributed by atoms with Crippen molar-refractivity contribution >= 4 is 11.8 Å². The van der Waals surface area contributed by atoms with Gasteiger partial charge < -0.3 is 4.74 Å². The zero-order valence-electron chi connectivity index (χ0n) is 15.1. The molecule has 0 N–H and O–H groups in total. The molecule has 132 valence electrons. The van der Waals surface area contributed by atoms with Crippen LogP contribution in [0.5, 0.6) is 0 Å². The number of carbonyl (C=O) groups is 1. The van der Waals surface area contributed by atoms with Gasteiger partial charge in [0.15, 0.2) is 0 Å². The number of carbonyl (C=O) groups excluding carboxylic acids is 1. The molecule has 4 aliphatic rings. The van der Waals surface area contributed by atoms with E-state index in [2.05, 4.69) is 36.1 Å². The number of ether oxygens (including phenoxy) is 1. The summed E-state index contributed by atoms with van der Waals surface area (Å²) in [6, 6.07) is 9.00. The molecule has 2 saturated heterocycles. The number of para-hydroxylation sites is 1.